The van der Waals surface area contributed by atoms with Crippen molar-refractivity contribution in [3.8, 4) is 0 Å². The Bertz CT molecular complexity index is 980. The Morgan fingerprint density at radius 2 is 1.77 bits per heavy atom. The van der Waals surface area contributed by atoms with Gasteiger partial charge in [0, 0.05) is 48.0 Å². The molecule has 0 radical (unpaired) electrons. The maximum atomic E-state index is 12.7. The number of nitrogens with zero attached hydrogens (tertiary/aromatic N) is 3. The minimum Gasteiger partial charge on any atom is -0.368 e. The molecule has 3 aromatic rings. The molecule has 1 aliphatic rings. The van der Waals surface area contributed by atoms with Gasteiger partial charge in [0.05, 0.1) is 12.1 Å². The molecule has 1 aliphatic heterocycles. The average molecular weight is 458 g/mol. The number of thiazole rings is 1. The molecule has 0 unspecified atom stereocenters. The zero-order valence-corrected chi connectivity index (χ0v) is 19.3. The van der Waals surface area contributed by atoms with E-state index in [0.717, 1.165) is 52.7 Å². The number of amides is 1. The molecule has 0 aliphatic carbocycles. The topological polar surface area (TPSA) is 36.4 Å². The van der Waals surface area contributed by atoms with Gasteiger partial charge in [-0.25, -0.2) is 4.98 Å². The van der Waals surface area contributed by atoms with Crippen LogP contribution in [0.5, 0.6) is 0 Å². The summed E-state index contributed by atoms with van der Waals surface area (Å²) in [5, 5.41) is 2.76. The van der Waals surface area contributed by atoms with Crippen LogP contribution >= 0.6 is 34.7 Å². The highest BCUT2D eigenvalue weighted by Crippen LogP contribution is 2.27. The molecule has 4 rings (SSSR count). The van der Waals surface area contributed by atoms with Crippen LogP contribution in [0.4, 0.5) is 5.69 Å². The summed E-state index contributed by atoms with van der Waals surface area (Å²) >= 11 is 9.32. The predicted octanol–water partition coefficient (Wildman–Crippen LogP) is 5.29. The van der Waals surface area contributed by atoms with Gasteiger partial charge in [-0.05, 0) is 36.8 Å². The molecule has 1 amide bonds. The van der Waals surface area contributed by atoms with E-state index in [1.165, 1.54) is 11.1 Å². The molecule has 0 N–H and O–H groups in total. The van der Waals surface area contributed by atoms with Crippen LogP contribution in [-0.2, 0) is 17.0 Å². The summed E-state index contributed by atoms with van der Waals surface area (Å²) in [6.45, 7) is 5.24. The van der Waals surface area contributed by atoms with Gasteiger partial charge in [0.1, 0.15) is 4.34 Å². The predicted molar refractivity (Wildman–Crippen MR) is 127 cm³/mol. The van der Waals surface area contributed by atoms with E-state index < -0.39 is 0 Å². The third-order valence-electron chi connectivity index (χ3n) is 5.17. The van der Waals surface area contributed by atoms with Gasteiger partial charge in [-0.15, -0.1) is 11.3 Å². The number of anilines is 1. The number of halogens is 1. The zero-order valence-electron chi connectivity index (χ0n) is 16.9. The SMILES string of the molecule is Cc1ccc(CSc2nc(CC(=O)N3CCN(c4ccc(Cl)cc4)CC3)cs2)cc1. The number of thioether (sulfide) groups is 1. The van der Waals surface area contributed by atoms with E-state index in [1.807, 2.05) is 34.5 Å². The van der Waals surface area contributed by atoms with Crippen LogP contribution in [0, 0.1) is 6.92 Å². The summed E-state index contributed by atoms with van der Waals surface area (Å²) in [5.41, 5.74) is 4.59. The Morgan fingerprint density at radius 1 is 1.07 bits per heavy atom. The van der Waals surface area contributed by atoms with Crippen LogP contribution in [0.15, 0.2) is 58.3 Å². The van der Waals surface area contributed by atoms with Crippen LogP contribution in [0.2, 0.25) is 5.02 Å². The van der Waals surface area contributed by atoms with E-state index in [9.17, 15) is 4.79 Å². The van der Waals surface area contributed by atoms with Gasteiger partial charge in [0.15, 0.2) is 0 Å². The fourth-order valence-corrected chi connectivity index (χ4v) is 5.32. The van der Waals surface area contributed by atoms with Gasteiger partial charge in [-0.1, -0.05) is 53.2 Å². The molecule has 7 heteroatoms. The van der Waals surface area contributed by atoms with Crippen molar-refractivity contribution in [1.29, 1.82) is 0 Å². The van der Waals surface area contributed by atoms with E-state index in [1.54, 1.807) is 23.1 Å². The lowest BCUT2D eigenvalue weighted by molar-refractivity contribution is -0.130. The molecule has 2 heterocycles. The van der Waals surface area contributed by atoms with Crippen molar-refractivity contribution in [2.45, 2.75) is 23.4 Å². The van der Waals surface area contributed by atoms with E-state index in [2.05, 4.69) is 41.1 Å². The number of rotatable bonds is 6. The molecular formula is C23H24ClN3OS2. The molecule has 0 atom stereocenters. The van der Waals surface area contributed by atoms with Crippen LogP contribution in [-0.4, -0.2) is 42.0 Å². The molecular weight excluding hydrogens is 434 g/mol. The fourth-order valence-electron chi connectivity index (χ4n) is 3.40. The highest BCUT2D eigenvalue weighted by molar-refractivity contribution is 8.00. The minimum atomic E-state index is 0.158. The van der Waals surface area contributed by atoms with Crippen molar-refractivity contribution < 1.29 is 4.79 Å². The second-order valence-corrected chi connectivity index (χ2v) is 9.92. The van der Waals surface area contributed by atoms with Crippen LogP contribution < -0.4 is 4.90 Å². The van der Waals surface area contributed by atoms with Crippen molar-refractivity contribution in [2.24, 2.45) is 0 Å². The maximum absolute atomic E-state index is 12.7. The highest BCUT2D eigenvalue weighted by atomic mass is 35.5. The first-order chi connectivity index (χ1) is 14.6. The number of aromatic nitrogens is 1. The Hall–Kier alpha value is -2.02. The van der Waals surface area contributed by atoms with Crippen molar-refractivity contribution in [1.82, 2.24) is 9.88 Å². The number of carbonyl (C=O) groups excluding carboxylic acids is 1. The Labute approximate surface area is 190 Å². The number of aryl methyl sites for hydroxylation is 1. The largest absolute Gasteiger partial charge is 0.368 e. The first kappa shape index (κ1) is 21.2. The number of carbonyl (C=O) groups is 1. The number of hydrogen-bond donors (Lipinski definition) is 0. The van der Waals surface area contributed by atoms with Crippen molar-refractivity contribution in [3.05, 3.63) is 75.8 Å². The van der Waals surface area contributed by atoms with Gasteiger partial charge in [0.2, 0.25) is 5.91 Å². The van der Waals surface area contributed by atoms with Crippen molar-refractivity contribution in [3.63, 3.8) is 0 Å². The van der Waals surface area contributed by atoms with E-state index in [4.69, 9.17) is 11.6 Å². The lowest BCUT2D eigenvalue weighted by atomic mass is 10.2. The summed E-state index contributed by atoms with van der Waals surface area (Å²) < 4.78 is 1.02. The second kappa shape index (κ2) is 9.86. The number of piperazine rings is 1. The summed E-state index contributed by atoms with van der Waals surface area (Å²) in [6, 6.07) is 16.5. The summed E-state index contributed by atoms with van der Waals surface area (Å²) in [7, 11) is 0. The zero-order chi connectivity index (χ0) is 20.9. The van der Waals surface area contributed by atoms with Gasteiger partial charge in [0.25, 0.3) is 0 Å². The fraction of sp³-hybridized carbons (Fsp3) is 0.304. The maximum Gasteiger partial charge on any atom is 0.228 e. The standard InChI is InChI=1S/C23H24ClN3OS2/c1-17-2-4-18(5-3-17)15-29-23-25-20(16-30-23)14-22(28)27-12-10-26(11-13-27)21-8-6-19(24)7-9-21/h2-9,16H,10-15H2,1H3. The van der Waals surface area contributed by atoms with E-state index >= 15 is 0 Å². The molecule has 0 spiro atoms. The first-order valence-electron chi connectivity index (χ1n) is 9.98. The minimum absolute atomic E-state index is 0.158. The molecule has 4 nitrogen and oxygen atoms in total. The first-order valence-corrected chi connectivity index (χ1v) is 12.2. The smallest absolute Gasteiger partial charge is 0.228 e. The molecule has 1 aromatic heterocycles. The molecule has 1 fully saturated rings. The molecule has 0 bridgehead atoms. The molecule has 1 saturated heterocycles. The molecule has 156 valence electrons. The van der Waals surface area contributed by atoms with Gasteiger partial charge < -0.3 is 9.80 Å². The van der Waals surface area contributed by atoms with Gasteiger partial charge in [-0.3, -0.25) is 4.79 Å². The Morgan fingerprint density at radius 3 is 2.47 bits per heavy atom. The van der Waals surface area contributed by atoms with Gasteiger partial charge in [-0.2, -0.15) is 0 Å². The third kappa shape index (κ3) is 5.56. The van der Waals surface area contributed by atoms with E-state index in [-0.39, 0.29) is 5.91 Å². The number of benzene rings is 2. The normalized spacial score (nSPS) is 14.2. The summed E-state index contributed by atoms with van der Waals surface area (Å²) in [4.78, 5) is 21.6. The third-order valence-corrected chi connectivity index (χ3v) is 7.56. The summed E-state index contributed by atoms with van der Waals surface area (Å²) in [5.74, 6) is 1.06. The summed E-state index contributed by atoms with van der Waals surface area (Å²) in [6.07, 6.45) is 0.378. The number of hydrogen-bond acceptors (Lipinski definition) is 5. The monoisotopic (exact) mass is 457 g/mol. The lowest BCUT2D eigenvalue weighted by Crippen LogP contribution is -2.49. The van der Waals surface area contributed by atoms with Crippen molar-refractivity contribution >= 4 is 46.3 Å². The molecule has 2 aromatic carbocycles. The van der Waals surface area contributed by atoms with E-state index in [0.29, 0.717) is 6.42 Å². The highest BCUT2D eigenvalue weighted by Gasteiger charge is 2.22. The van der Waals surface area contributed by atoms with Crippen LogP contribution in [0.3, 0.4) is 0 Å². The average Bonchev–Trinajstić information content (AvgIpc) is 3.21. The molecule has 0 saturated carbocycles. The second-order valence-electron chi connectivity index (χ2n) is 7.40. The Balaban J connectivity index is 1.25. The Kier molecular flexibility index (Phi) is 6.97. The van der Waals surface area contributed by atoms with Crippen molar-refractivity contribution in [2.75, 3.05) is 31.1 Å². The van der Waals surface area contributed by atoms with Gasteiger partial charge >= 0.3 is 0 Å². The lowest BCUT2D eigenvalue weighted by Gasteiger charge is -2.36. The quantitative estimate of drug-likeness (QED) is 0.471. The van der Waals surface area contributed by atoms with Crippen LogP contribution in [0.1, 0.15) is 16.8 Å². The van der Waals surface area contributed by atoms with Crippen LogP contribution in [0.25, 0.3) is 0 Å². The molecule has 30 heavy (non-hydrogen) atoms.